The van der Waals surface area contributed by atoms with Gasteiger partial charge in [-0.1, -0.05) is 76.3 Å². The number of aldehydes is 1. The smallest absolute Gasteiger partial charge is 0.243 e. The average Bonchev–Trinajstić information content (AvgIpc) is 3.83. The fourth-order valence-corrected chi connectivity index (χ4v) is 7.27. The summed E-state index contributed by atoms with van der Waals surface area (Å²) < 4.78 is 5.76. The van der Waals surface area contributed by atoms with Crippen molar-refractivity contribution in [3.05, 3.63) is 83.4 Å². The van der Waals surface area contributed by atoms with E-state index in [9.17, 15) is 29.1 Å². The van der Waals surface area contributed by atoms with Crippen LogP contribution in [0.25, 0.3) is 0 Å². The summed E-state index contributed by atoms with van der Waals surface area (Å²) in [4.78, 5) is 73.1. The van der Waals surface area contributed by atoms with Gasteiger partial charge in [0.15, 0.2) is 0 Å². The number of aliphatic hydroxyl groups is 1. The first-order chi connectivity index (χ1) is 26.1. The van der Waals surface area contributed by atoms with Crippen LogP contribution in [0.1, 0.15) is 98.3 Å². The van der Waals surface area contributed by atoms with Gasteiger partial charge in [-0.2, -0.15) is 0 Å². The molecular weight excluding hydrogens is 688 g/mol. The molecule has 2 aromatic carbocycles. The number of rotatable bonds is 19. The number of nitrogens with one attached hydrogen (secondary N) is 5. The average molecular weight is 743 g/mol. The minimum Gasteiger partial charge on any atom is -0.493 e. The number of fused-ring (bicyclic) bond motifs is 1. The third kappa shape index (κ3) is 12.0. The van der Waals surface area contributed by atoms with E-state index in [1.54, 1.807) is 24.4 Å². The molecule has 4 amide bonds. The Morgan fingerprint density at radius 3 is 2.39 bits per heavy atom. The number of amides is 4. The van der Waals surface area contributed by atoms with Gasteiger partial charge < -0.3 is 36.1 Å². The Kier molecular flexibility index (Phi) is 14.8. The number of aromatic nitrogens is 2. The number of ether oxygens (including phenoxy) is 1. The molecule has 1 fully saturated rings. The molecule has 54 heavy (non-hydrogen) atoms. The largest absolute Gasteiger partial charge is 0.493 e. The van der Waals surface area contributed by atoms with E-state index < -0.39 is 36.0 Å². The second-order valence-corrected chi connectivity index (χ2v) is 15.1. The van der Waals surface area contributed by atoms with Crippen LogP contribution in [-0.2, 0) is 32.0 Å². The maximum Gasteiger partial charge on any atom is 0.243 e. The van der Waals surface area contributed by atoms with Crippen molar-refractivity contribution in [3.63, 3.8) is 0 Å². The molecule has 13 heteroatoms. The molecule has 1 saturated carbocycles. The van der Waals surface area contributed by atoms with E-state index >= 15 is 0 Å². The highest BCUT2D eigenvalue weighted by Crippen LogP contribution is 2.36. The minimum absolute atomic E-state index is 0.0252. The van der Waals surface area contributed by atoms with Crippen molar-refractivity contribution < 1.29 is 33.8 Å². The molecule has 0 saturated heterocycles. The van der Waals surface area contributed by atoms with Crippen LogP contribution in [0.2, 0.25) is 0 Å². The zero-order chi connectivity index (χ0) is 38.5. The predicted octanol–water partition coefficient (Wildman–Crippen LogP) is 3.52. The number of hydrogen-bond acceptors (Lipinski definition) is 8. The molecule has 0 spiro atoms. The van der Waals surface area contributed by atoms with Gasteiger partial charge >= 0.3 is 0 Å². The number of H-pyrrole nitrogens is 1. The fourth-order valence-electron chi connectivity index (χ4n) is 7.27. The van der Waals surface area contributed by atoms with E-state index in [0.29, 0.717) is 30.0 Å². The van der Waals surface area contributed by atoms with Crippen LogP contribution in [0.3, 0.4) is 0 Å². The van der Waals surface area contributed by atoms with Gasteiger partial charge in [0.2, 0.25) is 23.6 Å². The van der Waals surface area contributed by atoms with Crippen LogP contribution in [0.5, 0.6) is 5.75 Å². The van der Waals surface area contributed by atoms with E-state index in [4.69, 9.17) is 4.74 Å². The summed E-state index contributed by atoms with van der Waals surface area (Å²) in [5.74, 6) is -0.914. The SMILES string of the molecule is CC(C)CNC(=O)C[C@H](O)[C@H](CC1CCCCC1)NC(=O)[C@H](Cc1cnc[nH]1)NC(=O)[C@H](Cc1ccccc1)NC(=O)CC1COc2ccc(C=O)cc21. The van der Waals surface area contributed by atoms with Gasteiger partial charge in [-0.15, -0.1) is 0 Å². The number of hydrogen-bond donors (Lipinski definition) is 6. The quantitative estimate of drug-likeness (QED) is 0.101. The maximum atomic E-state index is 14.2. The molecule has 0 bridgehead atoms. The van der Waals surface area contributed by atoms with Crippen molar-refractivity contribution in [2.45, 2.75) is 108 Å². The highest BCUT2D eigenvalue weighted by molar-refractivity contribution is 5.92. The monoisotopic (exact) mass is 742 g/mol. The highest BCUT2D eigenvalue weighted by Gasteiger charge is 2.34. The zero-order valence-corrected chi connectivity index (χ0v) is 31.2. The molecule has 13 nitrogen and oxygen atoms in total. The first-order valence-electron chi connectivity index (χ1n) is 19.2. The van der Waals surface area contributed by atoms with Crippen LogP contribution in [0.15, 0.2) is 61.1 Å². The molecule has 5 atom stereocenters. The number of imidazole rings is 1. The lowest BCUT2D eigenvalue weighted by Crippen LogP contribution is -2.57. The first-order valence-corrected chi connectivity index (χ1v) is 19.2. The third-order valence-corrected chi connectivity index (χ3v) is 10.2. The van der Waals surface area contributed by atoms with Crippen LogP contribution in [0.4, 0.5) is 0 Å². The standard InChI is InChI=1S/C41H54N6O7/c1-26(2)21-43-38(50)20-36(49)33(16-27-9-5-3-6-10-27)46-41(53)35(19-31-22-42-25-44-31)47-40(52)34(17-28-11-7-4-8-12-28)45-39(51)18-30-24-54-37-14-13-29(23-48)15-32(30)37/h4,7-8,11-15,22-23,25-27,30,33-36,49H,3,5-6,9-10,16-21,24H2,1-2H3,(H,42,44)(H,43,50)(H,45,51)(H,46,53)(H,47,52)/t30?,33-,34-,35-,36-/m0/s1. The molecule has 6 N–H and O–H groups in total. The molecule has 2 heterocycles. The van der Waals surface area contributed by atoms with Crippen molar-refractivity contribution in [1.29, 1.82) is 0 Å². The topological polar surface area (TPSA) is 192 Å². The molecule has 290 valence electrons. The van der Waals surface area contributed by atoms with Crippen molar-refractivity contribution in [2.75, 3.05) is 13.2 Å². The van der Waals surface area contributed by atoms with E-state index in [2.05, 4.69) is 31.2 Å². The van der Waals surface area contributed by atoms with E-state index in [1.165, 1.54) is 6.33 Å². The van der Waals surface area contributed by atoms with Gasteiger partial charge in [-0.05, 0) is 42.0 Å². The molecule has 0 radical (unpaired) electrons. The number of aliphatic hydroxyl groups excluding tert-OH is 1. The van der Waals surface area contributed by atoms with Gasteiger partial charge in [-0.25, -0.2) is 4.98 Å². The summed E-state index contributed by atoms with van der Waals surface area (Å²) in [5, 5.41) is 23.0. The normalized spacial score (nSPS) is 17.7. The molecule has 3 aromatic rings. The summed E-state index contributed by atoms with van der Waals surface area (Å²) in [5.41, 5.74) is 2.66. The Hall–Kier alpha value is -5.04. The van der Waals surface area contributed by atoms with Crippen LogP contribution >= 0.6 is 0 Å². The predicted molar refractivity (Wildman–Crippen MR) is 203 cm³/mol. The molecule has 1 aliphatic carbocycles. The Morgan fingerprint density at radius 1 is 0.944 bits per heavy atom. The lowest BCUT2D eigenvalue weighted by molar-refractivity contribution is -0.133. The molecular formula is C41H54N6O7. The van der Waals surface area contributed by atoms with Crippen LogP contribution in [-0.4, -0.2) is 82.4 Å². The number of carbonyl (C=O) groups is 5. The molecule has 2 aliphatic rings. The summed E-state index contributed by atoms with van der Waals surface area (Å²) in [6.45, 7) is 4.72. The number of carbonyl (C=O) groups excluding carboxylic acids is 5. The zero-order valence-electron chi connectivity index (χ0n) is 31.2. The van der Waals surface area contributed by atoms with Crippen LogP contribution in [0, 0.1) is 11.8 Å². The van der Waals surface area contributed by atoms with Crippen molar-refractivity contribution >= 4 is 29.9 Å². The van der Waals surface area contributed by atoms with E-state index in [0.717, 1.165) is 49.5 Å². The van der Waals surface area contributed by atoms with Crippen molar-refractivity contribution in [2.24, 2.45) is 11.8 Å². The molecule has 1 unspecified atom stereocenters. The first kappa shape index (κ1) is 40.2. The fraction of sp³-hybridized carbons (Fsp3) is 0.512. The maximum absolute atomic E-state index is 14.2. The number of nitrogens with zero attached hydrogens (tertiary/aromatic N) is 1. The Morgan fingerprint density at radius 2 is 1.69 bits per heavy atom. The summed E-state index contributed by atoms with van der Waals surface area (Å²) in [6.07, 6.45) is 8.51. The van der Waals surface area contributed by atoms with Gasteiger partial charge in [0.25, 0.3) is 0 Å². The Labute approximate surface area is 316 Å². The molecule has 1 aliphatic heterocycles. The van der Waals surface area contributed by atoms with Gasteiger partial charge in [0.05, 0.1) is 31.5 Å². The van der Waals surface area contributed by atoms with Gasteiger partial charge in [0, 0.05) is 54.7 Å². The summed E-state index contributed by atoms with van der Waals surface area (Å²) >= 11 is 0. The third-order valence-electron chi connectivity index (χ3n) is 10.2. The molecule has 1 aromatic heterocycles. The lowest BCUT2D eigenvalue weighted by atomic mass is 9.83. The van der Waals surface area contributed by atoms with Crippen molar-refractivity contribution in [3.8, 4) is 5.75 Å². The minimum atomic E-state index is -1.14. The molecule has 5 rings (SSSR count). The van der Waals surface area contributed by atoms with Gasteiger partial charge in [-0.3, -0.25) is 24.0 Å². The lowest BCUT2D eigenvalue weighted by Gasteiger charge is -2.31. The van der Waals surface area contributed by atoms with E-state index in [1.807, 2.05) is 44.2 Å². The highest BCUT2D eigenvalue weighted by atomic mass is 16.5. The van der Waals surface area contributed by atoms with E-state index in [-0.39, 0.29) is 61.9 Å². The summed E-state index contributed by atoms with van der Waals surface area (Å²) in [7, 11) is 0. The number of benzene rings is 2. The van der Waals surface area contributed by atoms with Crippen LogP contribution < -0.4 is 26.0 Å². The van der Waals surface area contributed by atoms with Gasteiger partial charge in [0.1, 0.15) is 24.1 Å². The van der Waals surface area contributed by atoms with Crippen molar-refractivity contribution in [1.82, 2.24) is 31.2 Å². The number of aromatic amines is 1. The second-order valence-electron chi connectivity index (χ2n) is 15.1. The Balaban J connectivity index is 1.32. The second kappa shape index (κ2) is 19.9. The Bertz CT molecular complexity index is 1690. The summed E-state index contributed by atoms with van der Waals surface area (Å²) in [6, 6.07) is 11.5.